The number of carbonyl (C=O) groups excluding carboxylic acids is 1. The molecule has 2 aliphatic rings. The molecular weight excluding hydrogens is 375 g/mol. The number of rotatable bonds is 1. The molecule has 0 radical (unpaired) electrons. The number of fused-ring (bicyclic) bond motifs is 1. The first kappa shape index (κ1) is 20.3. The lowest BCUT2D eigenvalue weighted by Crippen LogP contribution is -2.42. The standard InChI is InChI=1S/C27H25FO2/c1-18-24-10-5-11-25(29)27(24,2)17-22(26(18)30)15-21-8-3-6-19(14-21)12-13-20-7-4-9-23(28)16-20/h3-4,6-9,14-16,25,29H,5,10-11,17H2,1-2H3/b22-15+/t25-,27-/m0/s1. The highest BCUT2D eigenvalue weighted by atomic mass is 19.1. The second-order valence-electron chi connectivity index (χ2n) is 8.49. The van der Waals surface area contributed by atoms with E-state index < -0.39 is 6.10 Å². The minimum absolute atomic E-state index is 0.0767. The van der Waals surface area contributed by atoms with Crippen molar-refractivity contribution in [1.82, 2.24) is 0 Å². The fraction of sp³-hybridized carbons (Fsp3) is 0.296. The van der Waals surface area contributed by atoms with Crippen LogP contribution in [0, 0.1) is 23.1 Å². The Balaban J connectivity index is 1.65. The van der Waals surface area contributed by atoms with E-state index in [9.17, 15) is 14.3 Å². The van der Waals surface area contributed by atoms with E-state index in [0.717, 1.165) is 47.1 Å². The molecule has 1 N–H and O–H groups in total. The minimum atomic E-state index is -0.420. The van der Waals surface area contributed by atoms with Crippen LogP contribution in [0.2, 0.25) is 0 Å². The number of aliphatic hydroxyl groups excluding tert-OH is 1. The van der Waals surface area contributed by atoms with Crippen LogP contribution >= 0.6 is 0 Å². The van der Waals surface area contributed by atoms with Crippen molar-refractivity contribution in [1.29, 1.82) is 0 Å². The second kappa shape index (κ2) is 8.05. The Hall–Kier alpha value is -2.96. The Morgan fingerprint density at radius 2 is 1.83 bits per heavy atom. The Kier molecular flexibility index (Phi) is 5.45. The summed E-state index contributed by atoms with van der Waals surface area (Å²) in [4.78, 5) is 13.0. The van der Waals surface area contributed by atoms with E-state index in [4.69, 9.17) is 0 Å². The van der Waals surface area contributed by atoms with E-state index in [-0.39, 0.29) is 17.0 Å². The van der Waals surface area contributed by atoms with Gasteiger partial charge >= 0.3 is 0 Å². The van der Waals surface area contributed by atoms with Gasteiger partial charge in [-0.05, 0) is 80.2 Å². The number of hydrogen-bond donors (Lipinski definition) is 1. The maximum Gasteiger partial charge on any atom is 0.184 e. The highest BCUT2D eigenvalue weighted by Gasteiger charge is 2.45. The number of benzene rings is 2. The minimum Gasteiger partial charge on any atom is -0.392 e. The molecule has 0 aliphatic heterocycles. The van der Waals surface area contributed by atoms with E-state index in [1.807, 2.05) is 37.3 Å². The number of allylic oxidation sites excluding steroid dienone is 2. The van der Waals surface area contributed by atoms with Crippen LogP contribution in [0.5, 0.6) is 0 Å². The van der Waals surface area contributed by atoms with Crippen LogP contribution in [-0.4, -0.2) is 17.0 Å². The average molecular weight is 400 g/mol. The third-order valence-electron chi connectivity index (χ3n) is 6.38. The Morgan fingerprint density at radius 1 is 1.13 bits per heavy atom. The maximum atomic E-state index is 13.3. The van der Waals surface area contributed by atoms with Gasteiger partial charge in [0.1, 0.15) is 5.82 Å². The highest BCUT2D eigenvalue weighted by Crippen LogP contribution is 2.50. The van der Waals surface area contributed by atoms with Crippen LogP contribution in [-0.2, 0) is 4.79 Å². The van der Waals surface area contributed by atoms with Crippen molar-refractivity contribution in [2.45, 2.75) is 45.6 Å². The molecule has 0 spiro atoms. The number of halogens is 1. The zero-order chi connectivity index (χ0) is 21.3. The molecule has 4 rings (SSSR count). The normalized spacial score (nSPS) is 25.0. The lowest BCUT2D eigenvalue weighted by molar-refractivity contribution is -0.113. The number of ketones is 1. The van der Waals surface area contributed by atoms with E-state index >= 15 is 0 Å². The average Bonchev–Trinajstić information content (AvgIpc) is 2.72. The molecule has 0 aromatic heterocycles. The lowest BCUT2D eigenvalue weighted by Gasteiger charge is -2.45. The van der Waals surface area contributed by atoms with Crippen molar-refractivity contribution in [2.24, 2.45) is 5.41 Å². The predicted octanol–water partition coefficient (Wildman–Crippen LogP) is 5.45. The summed E-state index contributed by atoms with van der Waals surface area (Å²) in [5, 5.41) is 10.7. The molecule has 152 valence electrons. The van der Waals surface area contributed by atoms with E-state index in [2.05, 4.69) is 18.8 Å². The van der Waals surface area contributed by atoms with Gasteiger partial charge in [-0.3, -0.25) is 4.79 Å². The molecule has 30 heavy (non-hydrogen) atoms. The number of aliphatic hydroxyl groups is 1. The molecule has 0 heterocycles. The second-order valence-corrected chi connectivity index (χ2v) is 8.49. The van der Waals surface area contributed by atoms with Crippen LogP contribution in [0.4, 0.5) is 4.39 Å². The van der Waals surface area contributed by atoms with Crippen LogP contribution in [0.25, 0.3) is 6.08 Å². The molecule has 0 saturated heterocycles. The van der Waals surface area contributed by atoms with Crippen molar-refractivity contribution < 1.29 is 14.3 Å². The van der Waals surface area contributed by atoms with Gasteiger partial charge in [-0.25, -0.2) is 4.39 Å². The summed E-state index contributed by atoms with van der Waals surface area (Å²) in [5.74, 6) is 5.81. The first-order chi connectivity index (χ1) is 14.4. The first-order valence-corrected chi connectivity index (χ1v) is 10.4. The topological polar surface area (TPSA) is 37.3 Å². The molecule has 2 atom stereocenters. The van der Waals surface area contributed by atoms with Crippen molar-refractivity contribution in [3.05, 3.63) is 87.8 Å². The van der Waals surface area contributed by atoms with Gasteiger partial charge in [0.25, 0.3) is 0 Å². The summed E-state index contributed by atoms with van der Waals surface area (Å²) in [7, 11) is 0. The molecule has 0 bridgehead atoms. The zero-order valence-electron chi connectivity index (χ0n) is 17.3. The smallest absolute Gasteiger partial charge is 0.184 e. The molecule has 3 heteroatoms. The maximum absolute atomic E-state index is 13.3. The third-order valence-corrected chi connectivity index (χ3v) is 6.38. The number of hydrogen-bond acceptors (Lipinski definition) is 2. The molecule has 0 amide bonds. The molecule has 1 saturated carbocycles. The zero-order valence-corrected chi connectivity index (χ0v) is 17.3. The van der Waals surface area contributed by atoms with Gasteiger partial charge in [-0.2, -0.15) is 0 Å². The molecule has 2 nitrogen and oxygen atoms in total. The highest BCUT2D eigenvalue weighted by molar-refractivity contribution is 6.12. The van der Waals surface area contributed by atoms with Gasteiger partial charge in [0.05, 0.1) is 6.10 Å². The Bertz CT molecular complexity index is 1130. The predicted molar refractivity (Wildman–Crippen MR) is 117 cm³/mol. The summed E-state index contributed by atoms with van der Waals surface area (Å²) in [6.45, 7) is 3.97. The first-order valence-electron chi connectivity index (χ1n) is 10.4. The monoisotopic (exact) mass is 400 g/mol. The molecule has 2 aromatic carbocycles. The molecule has 2 aromatic rings. The van der Waals surface area contributed by atoms with Crippen molar-refractivity contribution >= 4 is 11.9 Å². The van der Waals surface area contributed by atoms with Gasteiger partial charge in [0.2, 0.25) is 0 Å². The summed E-state index contributed by atoms with van der Waals surface area (Å²) in [6, 6.07) is 13.9. The van der Waals surface area contributed by atoms with Crippen molar-refractivity contribution in [3.63, 3.8) is 0 Å². The summed E-state index contributed by atoms with van der Waals surface area (Å²) < 4.78 is 13.3. The van der Waals surface area contributed by atoms with Crippen LogP contribution in [0.1, 0.15) is 56.2 Å². The fourth-order valence-electron chi connectivity index (χ4n) is 4.71. The van der Waals surface area contributed by atoms with Gasteiger partial charge in [-0.1, -0.05) is 42.5 Å². The third kappa shape index (κ3) is 3.88. The van der Waals surface area contributed by atoms with Gasteiger partial charge < -0.3 is 5.11 Å². The summed E-state index contributed by atoms with van der Waals surface area (Å²) in [5.41, 5.74) is 4.59. The summed E-state index contributed by atoms with van der Waals surface area (Å²) in [6.07, 6.45) is 4.66. The molecule has 0 unspecified atom stereocenters. The van der Waals surface area contributed by atoms with Crippen molar-refractivity contribution in [2.75, 3.05) is 0 Å². The van der Waals surface area contributed by atoms with Crippen LogP contribution in [0.15, 0.2) is 65.3 Å². The number of carbonyl (C=O) groups is 1. The van der Waals surface area contributed by atoms with Crippen molar-refractivity contribution in [3.8, 4) is 11.8 Å². The Morgan fingerprint density at radius 3 is 2.57 bits per heavy atom. The lowest BCUT2D eigenvalue weighted by atomic mass is 9.61. The number of Topliss-reactive ketones (excluding diaryl/α,β-unsaturated/α-hetero) is 1. The molecule has 2 aliphatic carbocycles. The molecule has 1 fully saturated rings. The van der Waals surface area contributed by atoms with Crippen LogP contribution < -0.4 is 0 Å². The summed E-state index contributed by atoms with van der Waals surface area (Å²) >= 11 is 0. The van der Waals surface area contributed by atoms with Gasteiger partial charge in [0.15, 0.2) is 5.78 Å². The van der Waals surface area contributed by atoms with Crippen LogP contribution in [0.3, 0.4) is 0 Å². The van der Waals surface area contributed by atoms with Gasteiger partial charge in [-0.15, -0.1) is 0 Å². The van der Waals surface area contributed by atoms with E-state index in [0.29, 0.717) is 12.0 Å². The quantitative estimate of drug-likeness (QED) is 0.511. The van der Waals surface area contributed by atoms with Gasteiger partial charge in [0, 0.05) is 22.1 Å². The fourth-order valence-corrected chi connectivity index (χ4v) is 4.71. The Labute approximate surface area is 177 Å². The molecular formula is C27H25FO2. The largest absolute Gasteiger partial charge is 0.392 e. The SMILES string of the molecule is CC1=C2CCC[C@H](O)[C@@]2(C)C/C(=C\c2cccc(C#Cc3cccc(F)c3)c2)C1=O. The van der Waals surface area contributed by atoms with E-state index in [1.54, 1.807) is 12.1 Å². The van der Waals surface area contributed by atoms with E-state index in [1.165, 1.54) is 12.1 Å².